The number of nitrogens with one attached hydrogen (secondary N) is 2. The number of carboxylic acids is 1. The summed E-state index contributed by atoms with van der Waals surface area (Å²) in [7, 11) is 0. The van der Waals surface area contributed by atoms with Crippen molar-refractivity contribution < 1.29 is 28.6 Å². The van der Waals surface area contributed by atoms with Crippen LogP contribution in [0.3, 0.4) is 0 Å². The molecule has 200 valence electrons. The molecule has 2 aromatic rings. The van der Waals surface area contributed by atoms with Gasteiger partial charge in [-0.15, -0.1) is 0 Å². The third kappa shape index (κ3) is 5.65. The molecule has 2 heterocycles. The predicted octanol–water partition coefficient (Wildman–Crippen LogP) is 3.55. The van der Waals surface area contributed by atoms with Crippen molar-refractivity contribution in [3.05, 3.63) is 39.2 Å². The van der Waals surface area contributed by atoms with E-state index in [2.05, 4.69) is 10.6 Å². The number of aliphatic carboxylic acids is 1. The Balaban J connectivity index is 1.52. The Morgan fingerprint density at radius 2 is 1.73 bits per heavy atom. The summed E-state index contributed by atoms with van der Waals surface area (Å²) in [5, 5.41) is 15.0. The van der Waals surface area contributed by atoms with Gasteiger partial charge in [-0.3, -0.25) is 9.59 Å². The lowest BCUT2D eigenvalue weighted by atomic mass is 9.79. The number of ether oxygens (including phenoxy) is 1. The van der Waals surface area contributed by atoms with E-state index in [1.165, 1.54) is 19.3 Å². The van der Waals surface area contributed by atoms with E-state index in [0.29, 0.717) is 11.1 Å². The van der Waals surface area contributed by atoms with E-state index < -0.39 is 35.5 Å². The molecule has 2 aliphatic rings. The molecule has 3 N–H and O–H groups in total. The van der Waals surface area contributed by atoms with Gasteiger partial charge < -0.3 is 24.9 Å². The highest BCUT2D eigenvalue weighted by atomic mass is 16.5. The molecule has 0 unspecified atom stereocenters. The van der Waals surface area contributed by atoms with Crippen LogP contribution in [0.5, 0.6) is 5.75 Å². The highest BCUT2D eigenvalue weighted by molar-refractivity contribution is 5.91. The summed E-state index contributed by atoms with van der Waals surface area (Å²) in [6.45, 7) is 5.16. The molecule has 4 rings (SSSR count). The van der Waals surface area contributed by atoms with E-state index in [0.717, 1.165) is 42.4 Å². The number of benzene rings is 1. The Labute approximate surface area is 215 Å². The molecular weight excluding hydrogens is 476 g/mol. The van der Waals surface area contributed by atoms with Crippen molar-refractivity contribution in [2.75, 3.05) is 0 Å². The molecule has 2 atom stereocenters. The van der Waals surface area contributed by atoms with E-state index in [1.807, 2.05) is 12.1 Å². The second kappa shape index (κ2) is 10.9. The molecule has 1 aliphatic heterocycles. The minimum Gasteiger partial charge on any atom is -0.487 e. The van der Waals surface area contributed by atoms with Crippen LogP contribution in [0.1, 0.15) is 81.9 Å². The van der Waals surface area contributed by atoms with Crippen molar-refractivity contribution in [3.63, 3.8) is 0 Å². The van der Waals surface area contributed by atoms with E-state index >= 15 is 0 Å². The van der Waals surface area contributed by atoms with E-state index in [-0.39, 0.29) is 30.4 Å². The maximum atomic E-state index is 12.9. The lowest BCUT2D eigenvalue weighted by Crippen LogP contribution is -2.51. The first kappa shape index (κ1) is 26.7. The predicted molar refractivity (Wildman–Crippen MR) is 138 cm³/mol. The normalized spacial score (nSPS) is 17.9. The van der Waals surface area contributed by atoms with Crippen LogP contribution in [-0.2, 0) is 27.2 Å². The quantitative estimate of drug-likeness (QED) is 0.460. The van der Waals surface area contributed by atoms with Crippen LogP contribution in [0, 0.1) is 6.92 Å². The molecule has 1 saturated carbocycles. The number of carbonyl (C=O) groups excluding carboxylic acids is 2. The van der Waals surface area contributed by atoms with E-state index in [9.17, 15) is 24.3 Å². The van der Waals surface area contributed by atoms with E-state index in [1.54, 1.807) is 20.8 Å². The van der Waals surface area contributed by atoms with E-state index in [4.69, 9.17) is 9.15 Å². The number of rotatable bonds is 8. The zero-order valence-electron chi connectivity index (χ0n) is 21.8. The summed E-state index contributed by atoms with van der Waals surface area (Å²) >= 11 is 0. The number of fused-ring (bicyclic) bond motifs is 2. The fourth-order valence-electron chi connectivity index (χ4n) is 5.52. The summed E-state index contributed by atoms with van der Waals surface area (Å²) in [5.74, 6) is -1.45. The maximum Gasteiger partial charge on any atom is 0.340 e. The average Bonchev–Trinajstić information content (AvgIpc) is 2.87. The van der Waals surface area contributed by atoms with Crippen molar-refractivity contribution in [2.24, 2.45) is 0 Å². The number of carboxylic acid groups (broad SMARTS) is 1. The first-order valence-corrected chi connectivity index (χ1v) is 13.3. The first-order valence-electron chi connectivity index (χ1n) is 13.3. The molecule has 2 amide bonds. The van der Waals surface area contributed by atoms with Crippen LogP contribution < -0.4 is 21.0 Å². The highest BCUT2D eigenvalue weighted by Crippen LogP contribution is 2.43. The van der Waals surface area contributed by atoms with Gasteiger partial charge in [-0.2, -0.15) is 0 Å². The summed E-state index contributed by atoms with van der Waals surface area (Å²) in [6, 6.07) is 1.86. The van der Waals surface area contributed by atoms with Crippen molar-refractivity contribution in [2.45, 2.75) is 103 Å². The van der Waals surface area contributed by atoms with Crippen LogP contribution in [0.4, 0.5) is 0 Å². The third-order valence-corrected chi connectivity index (χ3v) is 7.83. The van der Waals surface area contributed by atoms with Crippen LogP contribution in [0.2, 0.25) is 0 Å². The lowest BCUT2D eigenvalue weighted by Gasteiger charge is -2.41. The second-order valence-electron chi connectivity index (χ2n) is 10.3. The molecule has 1 fully saturated rings. The first-order chi connectivity index (χ1) is 17.7. The van der Waals surface area contributed by atoms with Crippen LogP contribution in [-0.4, -0.2) is 40.6 Å². The van der Waals surface area contributed by atoms with Gasteiger partial charge in [0.05, 0.1) is 12.0 Å². The Morgan fingerprint density at radius 1 is 1.03 bits per heavy atom. The van der Waals surface area contributed by atoms with Gasteiger partial charge in [-0.05, 0) is 75.5 Å². The molecule has 37 heavy (non-hydrogen) atoms. The molecule has 9 heteroatoms. The average molecular weight is 513 g/mol. The third-order valence-electron chi connectivity index (χ3n) is 7.83. The Bertz CT molecular complexity index is 1260. The largest absolute Gasteiger partial charge is 0.487 e. The van der Waals surface area contributed by atoms with Crippen LogP contribution >= 0.6 is 0 Å². The zero-order valence-corrected chi connectivity index (χ0v) is 21.8. The van der Waals surface area contributed by atoms with Gasteiger partial charge >= 0.3 is 11.6 Å². The molecule has 1 spiro atoms. The standard InChI is InChI=1S/C28H36N2O7/c1-4-20(25(32)30-21(5-2)26(33)34)29-24(31)14-19-16(3)18-13-17-9-12-28(10-7-6-8-11-28)37-22(17)15-23(18)36-27(19)35/h13,15,20-21H,4-12,14H2,1-3H3,(H,29,31)(H,30,32)(H,33,34)/t20-,21+/m1/s1. The number of carbonyl (C=O) groups is 3. The van der Waals surface area contributed by atoms with Gasteiger partial charge in [0.1, 0.15) is 29.0 Å². The number of hydrogen-bond acceptors (Lipinski definition) is 6. The van der Waals surface area contributed by atoms with Crippen molar-refractivity contribution in [1.29, 1.82) is 0 Å². The summed E-state index contributed by atoms with van der Waals surface area (Å²) < 4.78 is 12.1. The van der Waals surface area contributed by atoms with Gasteiger partial charge in [0.15, 0.2) is 0 Å². The molecule has 1 aliphatic carbocycles. The topological polar surface area (TPSA) is 135 Å². The summed E-state index contributed by atoms with van der Waals surface area (Å²) in [5.41, 5.74) is 1.69. The van der Waals surface area contributed by atoms with Crippen LogP contribution in [0.15, 0.2) is 21.3 Å². The Morgan fingerprint density at radius 3 is 2.38 bits per heavy atom. The fourth-order valence-corrected chi connectivity index (χ4v) is 5.52. The smallest absolute Gasteiger partial charge is 0.340 e. The lowest BCUT2D eigenvalue weighted by molar-refractivity contribution is -0.142. The molecule has 0 bridgehead atoms. The van der Waals surface area contributed by atoms with Crippen molar-refractivity contribution in [3.8, 4) is 5.75 Å². The molecule has 9 nitrogen and oxygen atoms in total. The van der Waals surface area contributed by atoms with Crippen molar-refractivity contribution in [1.82, 2.24) is 10.6 Å². The van der Waals surface area contributed by atoms with Gasteiger partial charge in [0, 0.05) is 11.5 Å². The Kier molecular flexibility index (Phi) is 7.90. The number of amides is 2. The number of aryl methyl sites for hydroxylation is 2. The zero-order chi connectivity index (χ0) is 26.7. The maximum absolute atomic E-state index is 12.9. The minimum atomic E-state index is -1.14. The monoisotopic (exact) mass is 512 g/mol. The molecule has 1 aromatic carbocycles. The second-order valence-corrected chi connectivity index (χ2v) is 10.3. The summed E-state index contributed by atoms with van der Waals surface area (Å²) in [6.07, 6.45) is 7.78. The highest BCUT2D eigenvalue weighted by Gasteiger charge is 2.37. The molecule has 1 aromatic heterocycles. The Hall–Kier alpha value is -3.36. The van der Waals surface area contributed by atoms with Gasteiger partial charge in [-0.25, -0.2) is 9.59 Å². The summed E-state index contributed by atoms with van der Waals surface area (Å²) in [4.78, 5) is 49.4. The fraction of sp³-hybridized carbons (Fsp3) is 0.571. The van der Waals surface area contributed by atoms with Crippen molar-refractivity contribution >= 4 is 28.8 Å². The molecule has 0 saturated heterocycles. The van der Waals surface area contributed by atoms with Crippen LogP contribution in [0.25, 0.3) is 11.0 Å². The van der Waals surface area contributed by atoms with Gasteiger partial charge in [0.25, 0.3) is 0 Å². The SMILES string of the molecule is CC[C@H](NC(=O)[C@@H](CC)NC(=O)Cc1c(C)c2cc3c(cc2oc1=O)OC1(CCCCC1)CC3)C(=O)O. The molecule has 0 radical (unpaired) electrons. The van der Waals surface area contributed by atoms with Gasteiger partial charge in [-0.1, -0.05) is 20.3 Å². The molecular formula is C28H36N2O7. The number of hydrogen-bond donors (Lipinski definition) is 3. The van der Waals surface area contributed by atoms with Gasteiger partial charge in [0.2, 0.25) is 11.8 Å². The minimum absolute atomic E-state index is 0.115.